The Balaban J connectivity index is 1.89. The molecule has 1 fully saturated rings. The maximum absolute atomic E-state index is 4.57. The minimum absolute atomic E-state index is 0.393. The number of rotatable bonds is 2. The second-order valence-electron chi connectivity index (χ2n) is 5.91. The van der Waals surface area contributed by atoms with Crippen molar-refractivity contribution in [3.8, 4) is 11.3 Å². The number of aromatic nitrogens is 3. The van der Waals surface area contributed by atoms with Crippen LogP contribution in [0.25, 0.3) is 22.0 Å². The number of hydrogen-bond acceptors (Lipinski definition) is 5. The topological polar surface area (TPSA) is 53.9 Å². The molecule has 1 aliphatic heterocycles. The van der Waals surface area contributed by atoms with Gasteiger partial charge in [-0.3, -0.25) is 4.98 Å². The van der Waals surface area contributed by atoms with Crippen LogP contribution in [0.3, 0.4) is 0 Å². The van der Waals surface area contributed by atoms with Gasteiger partial charge in [-0.15, -0.1) is 10.2 Å². The summed E-state index contributed by atoms with van der Waals surface area (Å²) in [5, 5.41) is 14.7. The van der Waals surface area contributed by atoms with Gasteiger partial charge in [0.2, 0.25) is 0 Å². The fraction of sp³-hybridized carbons (Fsp3) is 0.278. The molecular weight excluding hydrogens is 286 g/mol. The highest BCUT2D eigenvalue weighted by Crippen LogP contribution is 2.31. The molecule has 0 unspecified atom stereocenters. The molecule has 1 aromatic carbocycles. The van der Waals surface area contributed by atoms with E-state index in [-0.39, 0.29) is 0 Å². The highest BCUT2D eigenvalue weighted by Gasteiger charge is 2.22. The highest BCUT2D eigenvalue weighted by atomic mass is 15.3. The molecule has 3 aromatic rings. The van der Waals surface area contributed by atoms with Gasteiger partial charge in [-0.05, 0) is 13.0 Å². The zero-order valence-corrected chi connectivity index (χ0v) is 13.1. The second-order valence-corrected chi connectivity index (χ2v) is 5.91. The summed E-state index contributed by atoms with van der Waals surface area (Å²) in [4.78, 5) is 6.64. The zero-order chi connectivity index (χ0) is 15.6. The van der Waals surface area contributed by atoms with Crippen LogP contribution < -0.4 is 10.2 Å². The smallest absolute Gasteiger partial charge is 0.161 e. The molecule has 116 valence electrons. The van der Waals surface area contributed by atoms with Gasteiger partial charge in [0.15, 0.2) is 5.82 Å². The Morgan fingerprint density at radius 2 is 1.96 bits per heavy atom. The molecule has 4 rings (SSSR count). The maximum atomic E-state index is 4.57. The van der Waals surface area contributed by atoms with Crippen molar-refractivity contribution in [1.29, 1.82) is 0 Å². The first-order valence-electron chi connectivity index (χ1n) is 7.98. The molecule has 2 aromatic heterocycles. The summed E-state index contributed by atoms with van der Waals surface area (Å²) in [6, 6.07) is 12.6. The Bertz CT molecular complexity index is 818. The first-order valence-corrected chi connectivity index (χ1v) is 7.98. The fourth-order valence-electron chi connectivity index (χ4n) is 3.16. The lowest BCUT2D eigenvalue weighted by molar-refractivity contribution is 0.497. The third-order valence-corrected chi connectivity index (χ3v) is 4.38. The molecule has 0 amide bonds. The third-order valence-electron chi connectivity index (χ3n) is 4.38. The third kappa shape index (κ3) is 2.53. The summed E-state index contributed by atoms with van der Waals surface area (Å²) in [5.74, 6) is 0.932. The first-order chi connectivity index (χ1) is 11.3. The summed E-state index contributed by atoms with van der Waals surface area (Å²) >= 11 is 0. The van der Waals surface area contributed by atoms with Gasteiger partial charge in [0.25, 0.3) is 0 Å². The van der Waals surface area contributed by atoms with Crippen molar-refractivity contribution in [1.82, 2.24) is 20.5 Å². The number of pyridine rings is 1. The Morgan fingerprint density at radius 1 is 1.09 bits per heavy atom. The van der Waals surface area contributed by atoms with Gasteiger partial charge in [-0.2, -0.15) is 0 Å². The minimum atomic E-state index is 0.393. The lowest BCUT2D eigenvalue weighted by Crippen LogP contribution is -2.50. The number of fused-ring (bicyclic) bond motifs is 1. The molecule has 3 heterocycles. The largest absolute Gasteiger partial charge is 0.349 e. The van der Waals surface area contributed by atoms with E-state index in [1.807, 2.05) is 36.7 Å². The fourth-order valence-corrected chi connectivity index (χ4v) is 3.16. The molecular formula is C18H19N5. The van der Waals surface area contributed by atoms with Crippen LogP contribution in [-0.2, 0) is 0 Å². The summed E-state index contributed by atoms with van der Waals surface area (Å²) in [6.07, 6.45) is 3.72. The predicted octanol–water partition coefficient (Wildman–Crippen LogP) is 2.49. The Kier molecular flexibility index (Phi) is 3.63. The summed E-state index contributed by atoms with van der Waals surface area (Å²) < 4.78 is 0. The van der Waals surface area contributed by atoms with Crippen LogP contribution in [-0.4, -0.2) is 40.9 Å². The zero-order valence-electron chi connectivity index (χ0n) is 13.1. The predicted molar refractivity (Wildman–Crippen MR) is 92.4 cm³/mol. The molecule has 23 heavy (non-hydrogen) atoms. The van der Waals surface area contributed by atoms with E-state index < -0.39 is 0 Å². The molecule has 1 atom stereocenters. The van der Waals surface area contributed by atoms with Gasteiger partial charge in [-0.25, -0.2) is 0 Å². The first kappa shape index (κ1) is 14.1. The lowest BCUT2D eigenvalue weighted by atomic mass is 10.1. The molecule has 0 radical (unpaired) electrons. The molecule has 1 aliphatic rings. The number of nitrogens with zero attached hydrogens (tertiary/aromatic N) is 4. The van der Waals surface area contributed by atoms with Crippen LogP contribution in [0, 0.1) is 0 Å². The van der Waals surface area contributed by atoms with Gasteiger partial charge >= 0.3 is 0 Å². The van der Waals surface area contributed by atoms with E-state index in [9.17, 15) is 0 Å². The molecule has 0 aliphatic carbocycles. The summed E-state index contributed by atoms with van der Waals surface area (Å²) in [5.41, 5.74) is 1.99. The Hall–Kier alpha value is -2.53. The number of hydrogen-bond donors (Lipinski definition) is 1. The minimum Gasteiger partial charge on any atom is -0.349 e. The van der Waals surface area contributed by atoms with Crippen LogP contribution in [0.1, 0.15) is 6.92 Å². The second kappa shape index (κ2) is 5.93. The van der Waals surface area contributed by atoms with E-state index in [4.69, 9.17) is 0 Å². The van der Waals surface area contributed by atoms with Crippen molar-refractivity contribution in [2.75, 3.05) is 24.5 Å². The Labute approximate surface area is 135 Å². The van der Waals surface area contributed by atoms with Crippen LogP contribution in [0.5, 0.6) is 0 Å². The van der Waals surface area contributed by atoms with Gasteiger partial charge in [0, 0.05) is 54.4 Å². The van der Waals surface area contributed by atoms with E-state index in [2.05, 4.69) is 44.5 Å². The molecule has 1 saturated heterocycles. The lowest BCUT2D eigenvalue weighted by Gasteiger charge is -2.35. The van der Waals surface area contributed by atoms with Gasteiger partial charge in [0.05, 0.1) is 0 Å². The van der Waals surface area contributed by atoms with E-state index in [1.165, 1.54) is 0 Å². The molecule has 5 nitrogen and oxygen atoms in total. The van der Waals surface area contributed by atoms with Crippen molar-refractivity contribution >= 4 is 16.6 Å². The standard InChI is InChI=1S/C18H19N5/c1-13-11-20-9-10-23(13)18-16-12-19-8-7-15(16)17(21-22-18)14-5-3-2-4-6-14/h2-8,12-13,20H,9-11H2,1H3/t13-/m1/s1. The molecule has 0 bridgehead atoms. The van der Waals surface area contributed by atoms with Crippen molar-refractivity contribution < 1.29 is 0 Å². The number of piperazine rings is 1. The van der Waals surface area contributed by atoms with Gasteiger partial charge < -0.3 is 10.2 Å². The number of nitrogens with one attached hydrogen (secondary N) is 1. The number of benzene rings is 1. The van der Waals surface area contributed by atoms with E-state index in [1.54, 1.807) is 0 Å². The van der Waals surface area contributed by atoms with Crippen molar-refractivity contribution in [2.45, 2.75) is 13.0 Å². The average Bonchev–Trinajstić information content (AvgIpc) is 2.62. The summed E-state index contributed by atoms with van der Waals surface area (Å²) in [7, 11) is 0. The van der Waals surface area contributed by atoms with Gasteiger partial charge in [0.1, 0.15) is 5.69 Å². The van der Waals surface area contributed by atoms with Crippen LogP contribution in [0.2, 0.25) is 0 Å². The van der Waals surface area contributed by atoms with Gasteiger partial charge in [-0.1, -0.05) is 30.3 Å². The maximum Gasteiger partial charge on any atom is 0.161 e. The van der Waals surface area contributed by atoms with Crippen LogP contribution in [0.15, 0.2) is 48.8 Å². The monoisotopic (exact) mass is 305 g/mol. The highest BCUT2D eigenvalue weighted by molar-refractivity contribution is 5.99. The number of anilines is 1. The molecule has 0 saturated carbocycles. The van der Waals surface area contributed by atoms with Crippen molar-refractivity contribution in [3.63, 3.8) is 0 Å². The van der Waals surface area contributed by atoms with E-state index in [0.717, 1.165) is 47.5 Å². The van der Waals surface area contributed by atoms with E-state index >= 15 is 0 Å². The SMILES string of the molecule is C[C@@H]1CNCCN1c1nnc(-c2ccccc2)c2ccncc12. The molecule has 5 heteroatoms. The van der Waals surface area contributed by atoms with Crippen LogP contribution in [0.4, 0.5) is 5.82 Å². The quantitative estimate of drug-likeness (QED) is 0.788. The summed E-state index contributed by atoms with van der Waals surface area (Å²) in [6.45, 7) is 5.07. The molecule has 1 N–H and O–H groups in total. The van der Waals surface area contributed by atoms with Crippen LogP contribution >= 0.6 is 0 Å². The van der Waals surface area contributed by atoms with Crippen molar-refractivity contribution in [2.24, 2.45) is 0 Å². The van der Waals surface area contributed by atoms with E-state index in [0.29, 0.717) is 6.04 Å². The average molecular weight is 305 g/mol. The normalized spacial score (nSPS) is 18.3. The Morgan fingerprint density at radius 3 is 2.78 bits per heavy atom. The molecule has 0 spiro atoms. The van der Waals surface area contributed by atoms with Crippen molar-refractivity contribution in [3.05, 3.63) is 48.8 Å².